The molecule has 0 bridgehead atoms. The zero-order valence-corrected chi connectivity index (χ0v) is 11.3. The normalized spacial score (nSPS) is 10.1. The van der Waals surface area contributed by atoms with Gasteiger partial charge in [-0.2, -0.15) is 0 Å². The molecule has 0 amide bonds. The largest absolute Gasteiger partial charge is 0.386 e. The van der Waals surface area contributed by atoms with E-state index in [0.29, 0.717) is 0 Å². The maximum atomic E-state index is 4.94. The molecule has 0 radical (unpaired) electrons. The van der Waals surface area contributed by atoms with E-state index < -0.39 is 0 Å². The van der Waals surface area contributed by atoms with Crippen LogP contribution in [0, 0.1) is 0 Å². The number of anilines is 2. The van der Waals surface area contributed by atoms with Crippen LogP contribution in [0.25, 0.3) is 11.1 Å². The van der Waals surface area contributed by atoms with Gasteiger partial charge in [0.15, 0.2) is 0 Å². The van der Waals surface area contributed by atoms with Crippen LogP contribution in [0.4, 0.5) is 11.4 Å². The van der Waals surface area contributed by atoms with Crippen LogP contribution in [0.1, 0.15) is 0 Å². The van der Waals surface area contributed by atoms with E-state index in [2.05, 4.69) is 34.3 Å². The van der Waals surface area contributed by atoms with Crippen LogP contribution in [-0.4, -0.2) is 14.2 Å². The SMILES string of the molecule is CNc1cc(-c2ccccc2)ccc1NSOC. The van der Waals surface area contributed by atoms with E-state index in [0.717, 1.165) is 11.4 Å². The third kappa shape index (κ3) is 2.97. The van der Waals surface area contributed by atoms with Crippen LogP contribution < -0.4 is 10.0 Å². The Morgan fingerprint density at radius 3 is 2.39 bits per heavy atom. The molecule has 0 aliphatic carbocycles. The van der Waals surface area contributed by atoms with E-state index in [1.54, 1.807) is 7.11 Å². The minimum Gasteiger partial charge on any atom is -0.386 e. The van der Waals surface area contributed by atoms with Gasteiger partial charge in [-0.05, 0) is 23.3 Å². The van der Waals surface area contributed by atoms with Crippen LogP contribution >= 0.6 is 12.2 Å². The molecule has 0 saturated carbocycles. The molecule has 2 N–H and O–H groups in total. The van der Waals surface area contributed by atoms with Crippen molar-refractivity contribution in [2.45, 2.75) is 0 Å². The Balaban J connectivity index is 2.30. The fraction of sp³-hybridized carbons (Fsp3) is 0.143. The Labute approximate surface area is 112 Å². The first-order chi connectivity index (χ1) is 8.85. The summed E-state index contributed by atoms with van der Waals surface area (Å²) in [4.78, 5) is 0. The molecule has 94 valence electrons. The topological polar surface area (TPSA) is 33.3 Å². The molecule has 0 aromatic heterocycles. The van der Waals surface area contributed by atoms with E-state index in [-0.39, 0.29) is 0 Å². The summed E-state index contributed by atoms with van der Waals surface area (Å²) >= 11 is 1.20. The van der Waals surface area contributed by atoms with Gasteiger partial charge in [0.2, 0.25) is 0 Å². The zero-order chi connectivity index (χ0) is 12.8. The molecule has 4 heteroatoms. The average Bonchev–Trinajstić information content (AvgIpc) is 2.46. The number of hydrogen-bond acceptors (Lipinski definition) is 4. The third-order valence-electron chi connectivity index (χ3n) is 2.63. The summed E-state index contributed by atoms with van der Waals surface area (Å²) in [5.41, 5.74) is 4.44. The quantitative estimate of drug-likeness (QED) is 0.628. The fourth-order valence-corrected chi connectivity index (χ4v) is 2.09. The first-order valence-electron chi connectivity index (χ1n) is 5.68. The molecule has 2 aromatic carbocycles. The van der Waals surface area contributed by atoms with Crippen molar-refractivity contribution in [3.63, 3.8) is 0 Å². The van der Waals surface area contributed by atoms with Crippen molar-refractivity contribution in [1.29, 1.82) is 0 Å². The minimum absolute atomic E-state index is 1.00. The van der Waals surface area contributed by atoms with Gasteiger partial charge in [-0.15, -0.1) is 0 Å². The molecule has 3 nitrogen and oxygen atoms in total. The Bertz CT molecular complexity index is 502. The van der Waals surface area contributed by atoms with Gasteiger partial charge in [-0.1, -0.05) is 36.4 Å². The van der Waals surface area contributed by atoms with Crippen molar-refractivity contribution in [2.75, 3.05) is 24.2 Å². The maximum Gasteiger partial charge on any atom is 0.111 e. The Hall–Kier alpha value is -1.65. The van der Waals surface area contributed by atoms with Gasteiger partial charge < -0.3 is 14.2 Å². The lowest BCUT2D eigenvalue weighted by Crippen LogP contribution is -1.96. The third-order valence-corrected chi connectivity index (χ3v) is 3.10. The molecule has 18 heavy (non-hydrogen) atoms. The first kappa shape index (κ1) is 12.8. The van der Waals surface area contributed by atoms with Crippen molar-refractivity contribution in [3.8, 4) is 11.1 Å². The van der Waals surface area contributed by atoms with Gasteiger partial charge in [-0.3, -0.25) is 0 Å². The highest BCUT2D eigenvalue weighted by Crippen LogP contribution is 2.30. The number of benzene rings is 2. The summed E-state index contributed by atoms with van der Waals surface area (Å²) in [6.07, 6.45) is 0. The van der Waals surface area contributed by atoms with E-state index in [1.165, 1.54) is 23.4 Å². The Morgan fingerprint density at radius 1 is 0.944 bits per heavy atom. The van der Waals surface area contributed by atoms with Crippen LogP contribution in [0.15, 0.2) is 48.5 Å². The molecule has 0 heterocycles. The Morgan fingerprint density at radius 2 is 1.72 bits per heavy atom. The van der Waals surface area contributed by atoms with E-state index >= 15 is 0 Å². The Kier molecular flexibility index (Phi) is 4.50. The number of nitrogens with one attached hydrogen (secondary N) is 2. The summed E-state index contributed by atoms with van der Waals surface area (Å²) in [6, 6.07) is 16.6. The van der Waals surface area contributed by atoms with Crippen molar-refractivity contribution in [3.05, 3.63) is 48.5 Å². The lowest BCUT2D eigenvalue weighted by atomic mass is 10.0. The first-order valence-corrected chi connectivity index (χ1v) is 6.42. The predicted molar refractivity (Wildman–Crippen MR) is 79.6 cm³/mol. The van der Waals surface area contributed by atoms with E-state index in [4.69, 9.17) is 4.18 Å². The highest BCUT2D eigenvalue weighted by Gasteiger charge is 2.04. The van der Waals surface area contributed by atoms with E-state index in [9.17, 15) is 0 Å². The fourth-order valence-electron chi connectivity index (χ4n) is 1.74. The molecule has 0 fully saturated rings. The van der Waals surface area contributed by atoms with Gasteiger partial charge in [-0.25, -0.2) is 0 Å². The molecule has 2 aromatic rings. The summed E-state index contributed by atoms with van der Waals surface area (Å²) < 4.78 is 8.06. The molecule has 0 aliphatic heterocycles. The lowest BCUT2D eigenvalue weighted by molar-refractivity contribution is 0.492. The van der Waals surface area contributed by atoms with Crippen molar-refractivity contribution < 1.29 is 4.18 Å². The van der Waals surface area contributed by atoms with Gasteiger partial charge in [0.05, 0.1) is 18.5 Å². The lowest BCUT2D eigenvalue weighted by Gasteiger charge is -2.12. The maximum absolute atomic E-state index is 4.94. The number of hydrogen-bond donors (Lipinski definition) is 2. The molecular formula is C14H16N2OS. The highest BCUT2D eigenvalue weighted by atomic mass is 32.2. The molecule has 0 aliphatic rings. The van der Waals surface area contributed by atoms with Gasteiger partial charge >= 0.3 is 0 Å². The van der Waals surface area contributed by atoms with E-state index in [1.807, 2.05) is 31.3 Å². The smallest absolute Gasteiger partial charge is 0.111 e. The predicted octanol–water partition coefficient (Wildman–Crippen LogP) is 4.02. The number of rotatable bonds is 5. The molecular weight excluding hydrogens is 244 g/mol. The second-order valence-electron chi connectivity index (χ2n) is 3.73. The van der Waals surface area contributed by atoms with Crippen LogP contribution in [-0.2, 0) is 4.18 Å². The van der Waals surface area contributed by atoms with Crippen LogP contribution in [0.3, 0.4) is 0 Å². The summed E-state index contributed by atoms with van der Waals surface area (Å²) in [5.74, 6) is 0. The summed E-state index contributed by atoms with van der Waals surface area (Å²) in [6.45, 7) is 0. The monoisotopic (exact) mass is 260 g/mol. The van der Waals surface area contributed by atoms with Crippen molar-refractivity contribution in [2.24, 2.45) is 0 Å². The molecule has 0 atom stereocenters. The second kappa shape index (κ2) is 6.33. The van der Waals surface area contributed by atoms with Crippen molar-refractivity contribution >= 4 is 23.6 Å². The van der Waals surface area contributed by atoms with Crippen LogP contribution in [0.2, 0.25) is 0 Å². The minimum atomic E-state index is 1.00. The molecule has 0 unspecified atom stereocenters. The zero-order valence-electron chi connectivity index (χ0n) is 10.4. The van der Waals surface area contributed by atoms with Crippen LogP contribution in [0.5, 0.6) is 0 Å². The molecule has 0 saturated heterocycles. The van der Waals surface area contributed by atoms with Crippen molar-refractivity contribution in [1.82, 2.24) is 0 Å². The molecule has 0 spiro atoms. The summed E-state index contributed by atoms with van der Waals surface area (Å²) in [7, 11) is 3.54. The second-order valence-corrected chi connectivity index (χ2v) is 4.43. The van der Waals surface area contributed by atoms with Gasteiger partial charge in [0, 0.05) is 7.05 Å². The van der Waals surface area contributed by atoms with Gasteiger partial charge in [0.25, 0.3) is 0 Å². The summed E-state index contributed by atoms with van der Waals surface area (Å²) in [5, 5.41) is 3.18. The average molecular weight is 260 g/mol. The standard InChI is InChI=1S/C14H16N2OS/c1-15-14-10-12(11-6-4-3-5-7-11)8-9-13(14)16-18-17-2/h3-10,15-16H,1-2H3. The van der Waals surface area contributed by atoms with Gasteiger partial charge in [0.1, 0.15) is 12.2 Å². The molecule has 2 rings (SSSR count). The highest BCUT2D eigenvalue weighted by molar-refractivity contribution is 7.96.